The molecule has 1 heterocycles. The van der Waals surface area contributed by atoms with Gasteiger partial charge < -0.3 is 10.1 Å². The second-order valence-corrected chi connectivity index (χ2v) is 9.01. The summed E-state index contributed by atoms with van der Waals surface area (Å²) in [6.45, 7) is 2.23. The van der Waals surface area contributed by atoms with E-state index in [0.717, 1.165) is 40.1 Å². The number of carbonyl (C=O) groups is 1. The second kappa shape index (κ2) is 7.57. The Morgan fingerprint density at radius 3 is 2.93 bits per heavy atom. The molecule has 3 aromatic rings. The number of fused-ring (bicyclic) bond motifs is 2. The first kappa shape index (κ1) is 19.0. The van der Waals surface area contributed by atoms with Gasteiger partial charge in [-0.3, -0.25) is 4.79 Å². The molecule has 0 aliphatic heterocycles. The molecule has 1 aliphatic carbocycles. The van der Waals surface area contributed by atoms with Crippen LogP contribution in [-0.2, 0) is 12.8 Å². The van der Waals surface area contributed by atoms with Gasteiger partial charge in [-0.1, -0.05) is 31.2 Å². The van der Waals surface area contributed by atoms with Crippen LogP contribution >= 0.6 is 27.3 Å². The Labute approximate surface area is 176 Å². The van der Waals surface area contributed by atoms with E-state index >= 15 is 0 Å². The molecular formula is C22H19BrN2O2S. The molecule has 4 rings (SSSR count). The van der Waals surface area contributed by atoms with Gasteiger partial charge in [0.25, 0.3) is 5.91 Å². The molecule has 4 nitrogen and oxygen atoms in total. The lowest BCUT2D eigenvalue weighted by Crippen LogP contribution is -2.14. The molecule has 28 heavy (non-hydrogen) atoms. The number of anilines is 1. The maximum atomic E-state index is 13.1. The summed E-state index contributed by atoms with van der Waals surface area (Å²) >= 11 is 5.10. The van der Waals surface area contributed by atoms with Gasteiger partial charge in [0.15, 0.2) is 0 Å². The van der Waals surface area contributed by atoms with Crippen molar-refractivity contribution in [2.45, 2.75) is 26.2 Å². The van der Waals surface area contributed by atoms with E-state index in [2.05, 4.69) is 34.2 Å². The molecule has 0 spiro atoms. The molecule has 0 saturated carbocycles. The van der Waals surface area contributed by atoms with Crippen molar-refractivity contribution in [3.63, 3.8) is 0 Å². The predicted octanol–water partition coefficient (Wildman–Crippen LogP) is 5.92. The third kappa shape index (κ3) is 3.19. The van der Waals surface area contributed by atoms with Gasteiger partial charge in [-0.05, 0) is 63.5 Å². The Balaban J connectivity index is 1.75. The number of nitrogens with one attached hydrogen (secondary N) is 1. The SMILES string of the molecule is COc1c(C(=O)Nc2sc3c(c2C#N)CC[C@H](C)C3)cc2ccccc2c1Br. The molecule has 142 valence electrons. The highest BCUT2D eigenvalue weighted by Gasteiger charge is 2.26. The molecule has 1 atom stereocenters. The van der Waals surface area contributed by atoms with Crippen LogP contribution in [0.3, 0.4) is 0 Å². The summed E-state index contributed by atoms with van der Waals surface area (Å²) in [6.07, 6.45) is 2.95. The summed E-state index contributed by atoms with van der Waals surface area (Å²) in [5, 5.41) is 15.2. The van der Waals surface area contributed by atoms with Gasteiger partial charge in [0.2, 0.25) is 0 Å². The molecule has 1 aromatic heterocycles. The van der Waals surface area contributed by atoms with Gasteiger partial charge in [-0.2, -0.15) is 5.26 Å². The zero-order valence-electron chi connectivity index (χ0n) is 15.6. The molecule has 1 aliphatic rings. The lowest BCUT2D eigenvalue weighted by Gasteiger charge is -2.17. The summed E-state index contributed by atoms with van der Waals surface area (Å²) in [6, 6.07) is 12.0. The Hall–Kier alpha value is -2.36. The number of hydrogen-bond acceptors (Lipinski definition) is 4. The van der Waals surface area contributed by atoms with Crippen LogP contribution in [0, 0.1) is 17.2 Å². The molecule has 0 unspecified atom stereocenters. The van der Waals surface area contributed by atoms with Crippen molar-refractivity contribution < 1.29 is 9.53 Å². The van der Waals surface area contributed by atoms with E-state index in [1.54, 1.807) is 7.11 Å². The molecule has 0 saturated heterocycles. The minimum absolute atomic E-state index is 0.272. The number of hydrogen-bond donors (Lipinski definition) is 1. The molecule has 6 heteroatoms. The van der Waals surface area contributed by atoms with E-state index in [4.69, 9.17) is 4.74 Å². The highest BCUT2D eigenvalue weighted by Crippen LogP contribution is 2.41. The third-order valence-electron chi connectivity index (χ3n) is 5.24. The molecule has 2 aromatic carbocycles. The van der Waals surface area contributed by atoms with Crippen LogP contribution < -0.4 is 10.1 Å². The fraction of sp³-hybridized carbons (Fsp3) is 0.273. The number of thiophene rings is 1. The van der Waals surface area contributed by atoms with Crippen molar-refractivity contribution in [1.82, 2.24) is 0 Å². The fourth-order valence-electron chi connectivity index (χ4n) is 3.78. The Kier molecular flexibility index (Phi) is 5.13. The lowest BCUT2D eigenvalue weighted by molar-refractivity contribution is 0.102. The minimum Gasteiger partial charge on any atom is -0.495 e. The van der Waals surface area contributed by atoms with Gasteiger partial charge in [-0.25, -0.2) is 0 Å². The number of ether oxygens (including phenoxy) is 1. The van der Waals surface area contributed by atoms with Gasteiger partial charge in [-0.15, -0.1) is 11.3 Å². The second-order valence-electron chi connectivity index (χ2n) is 7.11. The number of benzene rings is 2. The first-order valence-corrected chi connectivity index (χ1v) is 10.8. The van der Waals surface area contributed by atoms with Crippen LogP contribution in [0.4, 0.5) is 5.00 Å². The minimum atomic E-state index is -0.272. The van der Waals surface area contributed by atoms with Crippen LogP contribution in [0.25, 0.3) is 10.8 Å². The van der Waals surface area contributed by atoms with E-state index in [-0.39, 0.29) is 5.91 Å². The van der Waals surface area contributed by atoms with E-state index in [0.29, 0.717) is 27.8 Å². The molecule has 0 fully saturated rings. The standard InChI is InChI=1S/C22H19BrN2O2S/c1-12-7-8-15-17(11-24)22(28-18(15)9-12)25-21(26)16-10-13-5-3-4-6-14(13)19(23)20(16)27-2/h3-6,10,12H,7-9H2,1-2H3,(H,25,26)/t12-/m0/s1. The van der Waals surface area contributed by atoms with Crippen LogP contribution in [0.2, 0.25) is 0 Å². The number of rotatable bonds is 3. The number of nitriles is 1. The third-order valence-corrected chi connectivity index (χ3v) is 7.20. The Morgan fingerprint density at radius 2 is 2.18 bits per heavy atom. The summed E-state index contributed by atoms with van der Waals surface area (Å²) in [5.74, 6) is 0.828. The largest absolute Gasteiger partial charge is 0.495 e. The number of methoxy groups -OCH3 is 1. The first-order chi connectivity index (χ1) is 13.5. The van der Waals surface area contributed by atoms with Gasteiger partial charge in [0, 0.05) is 4.88 Å². The average molecular weight is 455 g/mol. The topological polar surface area (TPSA) is 62.1 Å². The summed E-state index contributed by atoms with van der Waals surface area (Å²) in [5.41, 5.74) is 2.16. The predicted molar refractivity (Wildman–Crippen MR) is 116 cm³/mol. The summed E-state index contributed by atoms with van der Waals surface area (Å²) in [7, 11) is 1.55. The van der Waals surface area contributed by atoms with Gasteiger partial charge >= 0.3 is 0 Å². The summed E-state index contributed by atoms with van der Waals surface area (Å²) < 4.78 is 6.27. The normalized spacial score (nSPS) is 15.7. The first-order valence-electron chi connectivity index (χ1n) is 9.14. The average Bonchev–Trinajstić information content (AvgIpc) is 3.03. The zero-order chi connectivity index (χ0) is 19.8. The van der Waals surface area contributed by atoms with Gasteiger partial charge in [0.1, 0.15) is 16.8 Å². The molecule has 0 bridgehead atoms. The van der Waals surface area contributed by atoms with Crippen LogP contribution in [-0.4, -0.2) is 13.0 Å². The maximum absolute atomic E-state index is 13.1. The van der Waals surface area contributed by atoms with Crippen LogP contribution in [0.1, 0.15) is 39.7 Å². The quantitative estimate of drug-likeness (QED) is 0.533. The number of nitrogens with zero attached hydrogens (tertiary/aromatic N) is 1. The highest BCUT2D eigenvalue weighted by molar-refractivity contribution is 9.10. The molecule has 0 radical (unpaired) electrons. The number of amides is 1. The van der Waals surface area contributed by atoms with Crippen LogP contribution in [0.5, 0.6) is 5.75 Å². The Morgan fingerprint density at radius 1 is 1.39 bits per heavy atom. The smallest absolute Gasteiger partial charge is 0.260 e. The van der Waals surface area contributed by atoms with Gasteiger partial charge in [0.05, 0.1) is 22.7 Å². The van der Waals surface area contributed by atoms with E-state index in [1.807, 2.05) is 30.3 Å². The maximum Gasteiger partial charge on any atom is 0.260 e. The summed E-state index contributed by atoms with van der Waals surface area (Å²) in [4.78, 5) is 14.3. The lowest BCUT2D eigenvalue weighted by atomic mass is 9.88. The van der Waals surface area contributed by atoms with E-state index < -0.39 is 0 Å². The van der Waals surface area contributed by atoms with Crippen molar-refractivity contribution in [2.75, 3.05) is 12.4 Å². The monoisotopic (exact) mass is 454 g/mol. The fourth-order valence-corrected chi connectivity index (χ4v) is 5.87. The number of carbonyl (C=O) groups excluding carboxylic acids is 1. The zero-order valence-corrected chi connectivity index (χ0v) is 18.0. The number of halogens is 1. The van der Waals surface area contributed by atoms with Crippen molar-refractivity contribution in [3.8, 4) is 11.8 Å². The van der Waals surface area contributed by atoms with Crippen LogP contribution in [0.15, 0.2) is 34.8 Å². The van der Waals surface area contributed by atoms with Crippen molar-refractivity contribution in [3.05, 3.63) is 56.4 Å². The van der Waals surface area contributed by atoms with Crippen molar-refractivity contribution >= 4 is 48.9 Å². The van der Waals surface area contributed by atoms with Crippen molar-refractivity contribution in [2.24, 2.45) is 5.92 Å². The van der Waals surface area contributed by atoms with Crippen molar-refractivity contribution in [1.29, 1.82) is 5.26 Å². The highest BCUT2D eigenvalue weighted by atomic mass is 79.9. The van der Waals surface area contributed by atoms with E-state index in [9.17, 15) is 10.1 Å². The molecule has 1 amide bonds. The van der Waals surface area contributed by atoms with E-state index in [1.165, 1.54) is 16.2 Å². The molecule has 1 N–H and O–H groups in total. The Bertz CT molecular complexity index is 1130. The molecular weight excluding hydrogens is 436 g/mol.